The monoisotopic (exact) mass is 218 g/mol. The maximum Gasteiger partial charge on any atom is 0.414 e. The van der Waals surface area contributed by atoms with Gasteiger partial charge in [-0.15, -0.1) is 5.10 Å². The summed E-state index contributed by atoms with van der Waals surface area (Å²) < 4.78 is 15.8. The summed E-state index contributed by atoms with van der Waals surface area (Å²) in [5.74, 6) is 2.11. The van der Waals surface area contributed by atoms with E-state index in [1.165, 1.54) is 0 Å². The fraction of sp³-hybridized carbons (Fsp3) is 0.273. The van der Waals surface area contributed by atoms with E-state index in [0.29, 0.717) is 12.5 Å². The topological polar surface area (TPSA) is 60.7 Å². The molecule has 0 amide bonds. The molecule has 0 aliphatic carbocycles. The fourth-order valence-electron chi connectivity index (χ4n) is 1.42. The molecule has 16 heavy (non-hydrogen) atoms. The van der Waals surface area contributed by atoms with E-state index >= 15 is 0 Å². The molecule has 5 heteroatoms. The summed E-state index contributed by atoms with van der Waals surface area (Å²) in [6.07, 6.45) is 1.11. The minimum absolute atomic E-state index is 0.204. The van der Waals surface area contributed by atoms with Gasteiger partial charge in [-0.2, -0.15) is 0 Å². The summed E-state index contributed by atoms with van der Waals surface area (Å²) in [4.78, 5) is 0. The third-order valence-corrected chi connectivity index (χ3v) is 2.22. The number of ether oxygens (including phenoxy) is 2. The standard InChI is InChI=1S/C11H10N2O3/c1-2-6-14-11-13-12-10(16-11)7-4-3-5-8-9(7)15-8/h3-5H,2,6H2,1H3. The van der Waals surface area contributed by atoms with E-state index in [1.54, 1.807) is 0 Å². The van der Waals surface area contributed by atoms with E-state index < -0.39 is 0 Å². The summed E-state index contributed by atoms with van der Waals surface area (Å²) in [6, 6.07) is 5.66. The van der Waals surface area contributed by atoms with E-state index in [9.17, 15) is 0 Å². The molecule has 1 aromatic heterocycles. The lowest BCUT2D eigenvalue weighted by molar-refractivity contribution is 0.233. The van der Waals surface area contributed by atoms with Gasteiger partial charge in [0, 0.05) is 0 Å². The van der Waals surface area contributed by atoms with Gasteiger partial charge in [-0.25, -0.2) is 0 Å². The molecule has 0 saturated heterocycles. The molecule has 0 radical (unpaired) electrons. The first-order valence-electron chi connectivity index (χ1n) is 5.16. The van der Waals surface area contributed by atoms with Gasteiger partial charge in [-0.1, -0.05) is 18.1 Å². The number of nitrogens with zero attached hydrogens (tertiary/aromatic N) is 2. The molecule has 0 atom stereocenters. The summed E-state index contributed by atoms with van der Waals surface area (Å²) in [6.45, 7) is 2.59. The van der Waals surface area contributed by atoms with Crippen LogP contribution in [0.4, 0.5) is 0 Å². The van der Waals surface area contributed by atoms with Gasteiger partial charge in [-0.3, -0.25) is 0 Å². The second kappa shape index (κ2) is 3.52. The van der Waals surface area contributed by atoms with Gasteiger partial charge < -0.3 is 13.9 Å². The van der Waals surface area contributed by atoms with Gasteiger partial charge in [0.2, 0.25) is 0 Å². The average Bonchev–Trinajstić information content (AvgIpc) is 2.96. The lowest BCUT2D eigenvalue weighted by Crippen LogP contribution is -1.94. The van der Waals surface area contributed by atoms with Crippen molar-refractivity contribution in [3.8, 4) is 29.0 Å². The quantitative estimate of drug-likeness (QED) is 0.630. The van der Waals surface area contributed by atoms with E-state index in [2.05, 4.69) is 10.2 Å². The van der Waals surface area contributed by atoms with Crippen LogP contribution < -0.4 is 9.47 Å². The number of rotatable bonds is 4. The van der Waals surface area contributed by atoms with Crippen molar-refractivity contribution in [2.24, 2.45) is 0 Å². The number of para-hydroxylation sites is 1. The minimum atomic E-state index is 0.204. The van der Waals surface area contributed by atoms with Gasteiger partial charge in [0.05, 0.1) is 12.2 Å². The van der Waals surface area contributed by atoms with Gasteiger partial charge in [0.15, 0.2) is 11.5 Å². The number of fused-ring (bicyclic) bond motifs is 1. The first-order valence-corrected chi connectivity index (χ1v) is 5.16. The first kappa shape index (κ1) is 9.21. The van der Waals surface area contributed by atoms with Crippen molar-refractivity contribution in [2.75, 3.05) is 6.61 Å². The van der Waals surface area contributed by atoms with Crippen LogP contribution in [0, 0.1) is 0 Å². The Labute approximate surface area is 92.0 Å². The molecule has 1 aliphatic rings. The van der Waals surface area contributed by atoms with Gasteiger partial charge in [-0.05, 0) is 18.6 Å². The average molecular weight is 218 g/mol. The number of hydrogen-bond donors (Lipinski definition) is 0. The molecule has 0 bridgehead atoms. The van der Waals surface area contributed by atoms with E-state index in [-0.39, 0.29) is 6.08 Å². The molecule has 1 aliphatic heterocycles. The minimum Gasteiger partial charge on any atom is -0.449 e. The summed E-state index contributed by atoms with van der Waals surface area (Å²) in [5.41, 5.74) is 0.816. The smallest absolute Gasteiger partial charge is 0.414 e. The molecule has 3 rings (SSSR count). The highest BCUT2D eigenvalue weighted by molar-refractivity contribution is 5.74. The van der Waals surface area contributed by atoms with Crippen LogP contribution in [-0.2, 0) is 0 Å². The van der Waals surface area contributed by atoms with Gasteiger partial charge in [0.1, 0.15) is 0 Å². The Morgan fingerprint density at radius 2 is 2.25 bits per heavy atom. The van der Waals surface area contributed by atoms with Crippen LogP contribution in [0.5, 0.6) is 17.6 Å². The molecule has 5 nitrogen and oxygen atoms in total. The zero-order chi connectivity index (χ0) is 11.0. The third-order valence-electron chi connectivity index (χ3n) is 2.22. The van der Waals surface area contributed by atoms with Crippen LogP contribution in [0.25, 0.3) is 11.5 Å². The zero-order valence-electron chi connectivity index (χ0n) is 8.77. The highest BCUT2D eigenvalue weighted by Crippen LogP contribution is 2.51. The lowest BCUT2D eigenvalue weighted by atomic mass is 10.2. The second-order valence-electron chi connectivity index (χ2n) is 3.46. The fourth-order valence-corrected chi connectivity index (χ4v) is 1.42. The van der Waals surface area contributed by atoms with Crippen LogP contribution in [0.2, 0.25) is 0 Å². The van der Waals surface area contributed by atoms with Crippen molar-refractivity contribution < 1.29 is 13.9 Å². The largest absolute Gasteiger partial charge is 0.449 e. The Balaban J connectivity index is 1.85. The second-order valence-corrected chi connectivity index (χ2v) is 3.46. The highest BCUT2D eigenvalue weighted by Gasteiger charge is 2.27. The molecule has 1 aromatic carbocycles. The van der Waals surface area contributed by atoms with E-state index in [0.717, 1.165) is 23.5 Å². The van der Waals surface area contributed by atoms with Crippen LogP contribution in [0.3, 0.4) is 0 Å². The Morgan fingerprint density at radius 3 is 3.12 bits per heavy atom. The summed E-state index contributed by atoms with van der Waals surface area (Å²) in [7, 11) is 0. The predicted octanol–water partition coefficient (Wildman–Crippen LogP) is 2.63. The third kappa shape index (κ3) is 1.50. The molecule has 0 spiro atoms. The molecular weight excluding hydrogens is 208 g/mol. The van der Waals surface area contributed by atoms with Crippen LogP contribution in [0.1, 0.15) is 13.3 Å². The molecule has 82 valence electrons. The lowest BCUT2D eigenvalue weighted by Gasteiger charge is -1.94. The van der Waals surface area contributed by atoms with Crippen molar-refractivity contribution in [3.05, 3.63) is 18.2 Å². The maximum atomic E-state index is 5.36. The van der Waals surface area contributed by atoms with E-state index in [1.807, 2.05) is 25.1 Å². The van der Waals surface area contributed by atoms with Gasteiger partial charge >= 0.3 is 6.08 Å². The molecule has 0 N–H and O–H groups in total. The molecule has 2 heterocycles. The van der Waals surface area contributed by atoms with Crippen molar-refractivity contribution in [1.82, 2.24) is 10.2 Å². The Morgan fingerprint density at radius 1 is 1.31 bits per heavy atom. The predicted molar refractivity (Wildman–Crippen MR) is 55.6 cm³/mol. The number of aromatic nitrogens is 2. The Hall–Kier alpha value is -2.04. The maximum absolute atomic E-state index is 5.36. The molecular formula is C11H10N2O3. The van der Waals surface area contributed by atoms with Crippen molar-refractivity contribution >= 4 is 0 Å². The highest BCUT2D eigenvalue weighted by atomic mass is 16.6. The normalized spacial score (nSPS) is 11.8. The van der Waals surface area contributed by atoms with Crippen molar-refractivity contribution in [3.63, 3.8) is 0 Å². The molecule has 0 saturated carbocycles. The van der Waals surface area contributed by atoms with Crippen molar-refractivity contribution in [1.29, 1.82) is 0 Å². The van der Waals surface area contributed by atoms with Crippen LogP contribution in [-0.4, -0.2) is 16.8 Å². The molecule has 0 fully saturated rings. The van der Waals surface area contributed by atoms with Gasteiger partial charge in [0.25, 0.3) is 5.89 Å². The number of hydrogen-bond acceptors (Lipinski definition) is 5. The zero-order valence-corrected chi connectivity index (χ0v) is 8.77. The number of benzene rings is 1. The van der Waals surface area contributed by atoms with Crippen molar-refractivity contribution in [2.45, 2.75) is 13.3 Å². The SMILES string of the molecule is CCCOc1nnc(-c2cccc3c2O3)o1. The Bertz CT molecular complexity index is 522. The van der Waals surface area contributed by atoms with Crippen LogP contribution >= 0.6 is 0 Å². The summed E-state index contributed by atoms with van der Waals surface area (Å²) in [5, 5.41) is 7.71. The van der Waals surface area contributed by atoms with Crippen LogP contribution in [0.15, 0.2) is 22.6 Å². The Kier molecular flexibility index (Phi) is 2.02. The van der Waals surface area contributed by atoms with E-state index in [4.69, 9.17) is 13.9 Å². The molecule has 2 aromatic rings. The molecule has 0 unspecified atom stereocenters. The first-order chi connectivity index (χ1) is 7.88. The summed E-state index contributed by atoms with van der Waals surface area (Å²) >= 11 is 0.